The largest absolute Gasteiger partial charge is 0.397 e. The predicted molar refractivity (Wildman–Crippen MR) is 63.8 cm³/mol. The summed E-state index contributed by atoms with van der Waals surface area (Å²) in [5.74, 6) is 0. The summed E-state index contributed by atoms with van der Waals surface area (Å²) in [6.45, 7) is 7.57. The van der Waals surface area contributed by atoms with E-state index in [2.05, 4.69) is 6.92 Å². The number of hydrogen-bond acceptors (Lipinski definition) is 3. The lowest BCUT2D eigenvalue weighted by Crippen LogP contribution is -2.32. The van der Waals surface area contributed by atoms with Crippen molar-refractivity contribution in [2.75, 3.05) is 13.2 Å². The first-order chi connectivity index (χ1) is 5.74. The smallest absolute Gasteiger partial charge is 0.322 e. The third kappa shape index (κ3) is 8.89. The highest BCUT2D eigenvalue weighted by molar-refractivity contribution is 8.93. The first-order valence-electron chi connectivity index (χ1n) is 4.73. The molecule has 0 heterocycles. The van der Waals surface area contributed by atoms with E-state index in [-0.39, 0.29) is 23.0 Å². The van der Waals surface area contributed by atoms with Crippen LogP contribution in [0.5, 0.6) is 0 Å². The van der Waals surface area contributed by atoms with Crippen LogP contribution in [0.25, 0.3) is 0 Å². The molecule has 0 saturated heterocycles. The van der Waals surface area contributed by atoms with Crippen molar-refractivity contribution >= 4 is 26.3 Å². The summed E-state index contributed by atoms with van der Waals surface area (Å²) < 4.78 is 11.0. The van der Waals surface area contributed by atoms with Gasteiger partial charge in [-0.3, -0.25) is 0 Å². The van der Waals surface area contributed by atoms with Gasteiger partial charge in [-0.05, 0) is 20.3 Å². The van der Waals surface area contributed by atoms with Gasteiger partial charge in [0.05, 0.1) is 0 Å². The Labute approximate surface area is 93.6 Å². The summed E-state index contributed by atoms with van der Waals surface area (Å²) in [7, 11) is -1.43. The third-order valence-corrected chi connectivity index (χ3v) is 4.13. The molecule has 0 aliphatic rings. The highest BCUT2D eigenvalue weighted by Crippen LogP contribution is 2.03. The van der Waals surface area contributed by atoms with Gasteiger partial charge >= 0.3 is 9.28 Å². The van der Waals surface area contributed by atoms with Crippen LogP contribution in [0.1, 0.15) is 27.2 Å². The summed E-state index contributed by atoms with van der Waals surface area (Å²) >= 11 is 0. The van der Waals surface area contributed by atoms with E-state index in [9.17, 15) is 0 Å². The van der Waals surface area contributed by atoms with Crippen molar-refractivity contribution in [3.63, 3.8) is 0 Å². The maximum absolute atomic E-state index is 5.81. The molecule has 82 valence electrons. The van der Waals surface area contributed by atoms with Crippen LogP contribution in [0.4, 0.5) is 0 Å². The Kier molecular flexibility index (Phi) is 13.1. The quantitative estimate of drug-likeness (QED) is 0.716. The molecule has 0 aromatic rings. The van der Waals surface area contributed by atoms with Gasteiger partial charge in [0.25, 0.3) is 0 Å². The standard InChI is InChI=1S/C8H21NO2Si.BrH/c1-4-8(9)7-12(10-5-2)11-6-3;/h8,12H,4-7,9H2,1-3H3;1H. The average molecular weight is 272 g/mol. The molecule has 0 rings (SSSR count). The molecule has 0 saturated carbocycles. The normalized spacial score (nSPS) is 12.7. The van der Waals surface area contributed by atoms with Gasteiger partial charge < -0.3 is 14.6 Å². The highest BCUT2D eigenvalue weighted by atomic mass is 79.9. The first-order valence-corrected chi connectivity index (χ1v) is 6.49. The molecular formula is C8H22BrNO2Si. The fourth-order valence-electron chi connectivity index (χ4n) is 0.970. The maximum atomic E-state index is 5.81. The van der Waals surface area contributed by atoms with Crippen LogP contribution in [0.2, 0.25) is 6.04 Å². The minimum atomic E-state index is -1.43. The van der Waals surface area contributed by atoms with Crippen molar-refractivity contribution in [1.29, 1.82) is 0 Å². The van der Waals surface area contributed by atoms with E-state index in [0.29, 0.717) is 0 Å². The molecule has 13 heavy (non-hydrogen) atoms. The fourth-order valence-corrected chi connectivity index (χ4v) is 2.91. The Hall–Kier alpha value is 0.577. The monoisotopic (exact) mass is 271 g/mol. The van der Waals surface area contributed by atoms with Crippen LogP contribution in [0.3, 0.4) is 0 Å². The highest BCUT2D eigenvalue weighted by Gasteiger charge is 2.15. The molecule has 0 aliphatic heterocycles. The third-order valence-electron chi connectivity index (χ3n) is 1.72. The molecule has 2 N–H and O–H groups in total. The second-order valence-electron chi connectivity index (χ2n) is 2.74. The average Bonchev–Trinajstić information content (AvgIpc) is 2.05. The second kappa shape index (κ2) is 10.7. The molecule has 0 aromatic heterocycles. The van der Waals surface area contributed by atoms with Crippen LogP contribution >= 0.6 is 17.0 Å². The Morgan fingerprint density at radius 3 is 1.92 bits per heavy atom. The zero-order valence-corrected chi connectivity index (χ0v) is 11.7. The molecule has 1 atom stereocenters. The van der Waals surface area contributed by atoms with Crippen molar-refractivity contribution in [3.8, 4) is 0 Å². The molecular weight excluding hydrogens is 250 g/mol. The van der Waals surface area contributed by atoms with Crippen molar-refractivity contribution < 1.29 is 8.85 Å². The van der Waals surface area contributed by atoms with E-state index in [0.717, 1.165) is 25.7 Å². The van der Waals surface area contributed by atoms with Gasteiger partial charge in [0.15, 0.2) is 0 Å². The Morgan fingerprint density at radius 2 is 1.62 bits per heavy atom. The molecule has 0 bridgehead atoms. The maximum Gasteiger partial charge on any atom is 0.322 e. The lowest BCUT2D eigenvalue weighted by atomic mass is 10.3. The fraction of sp³-hybridized carbons (Fsp3) is 1.00. The van der Waals surface area contributed by atoms with Crippen molar-refractivity contribution in [2.45, 2.75) is 39.3 Å². The number of rotatable bonds is 7. The first kappa shape index (κ1) is 16.0. The second-order valence-corrected chi connectivity index (χ2v) is 4.74. The van der Waals surface area contributed by atoms with E-state index in [1.165, 1.54) is 0 Å². The molecule has 3 nitrogen and oxygen atoms in total. The Balaban J connectivity index is 0. The topological polar surface area (TPSA) is 44.5 Å². The van der Waals surface area contributed by atoms with E-state index in [4.69, 9.17) is 14.6 Å². The molecule has 0 aromatic carbocycles. The van der Waals surface area contributed by atoms with E-state index < -0.39 is 9.28 Å². The van der Waals surface area contributed by atoms with Gasteiger partial charge in [0.1, 0.15) is 0 Å². The summed E-state index contributed by atoms with van der Waals surface area (Å²) in [4.78, 5) is 0. The zero-order chi connectivity index (χ0) is 9.40. The predicted octanol–water partition coefficient (Wildman–Crippen LogP) is 1.60. The molecule has 0 radical (unpaired) electrons. The molecule has 1 unspecified atom stereocenters. The van der Waals surface area contributed by atoms with Gasteiger partial charge in [-0.15, -0.1) is 17.0 Å². The van der Waals surface area contributed by atoms with Crippen molar-refractivity contribution in [1.82, 2.24) is 0 Å². The minimum Gasteiger partial charge on any atom is -0.397 e. The molecule has 5 heteroatoms. The minimum absolute atomic E-state index is 0. The summed E-state index contributed by atoms with van der Waals surface area (Å²) in [6, 6.07) is 1.18. The number of hydrogen-bond donors (Lipinski definition) is 1. The Morgan fingerprint density at radius 1 is 1.15 bits per heavy atom. The van der Waals surface area contributed by atoms with Gasteiger partial charge in [-0.25, -0.2) is 0 Å². The summed E-state index contributed by atoms with van der Waals surface area (Å²) in [5, 5.41) is 0. The summed E-state index contributed by atoms with van der Waals surface area (Å²) in [6.07, 6.45) is 1.00. The van der Waals surface area contributed by atoms with Crippen LogP contribution < -0.4 is 5.73 Å². The lowest BCUT2D eigenvalue weighted by Gasteiger charge is -2.17. The van der Waals surface area contributed by atoms with Gasteiger partial charge in [-0.1, -0.05) is 6.92 Å². The van der Waals surface area contributed by atoms with Gasteiger partial charge in [0.2, 0.25) is 0 Å². The van der Waals surface area contributed by atoms with Crippen molar-refractivity contribution in [2.24, 2.45) is 5.73 Å². The van der Waals surface area contributed by atoms with Crippen LogP contribution in [0, 0.1) is 0 Å². The van der Waals surface area contributed by atoms with E-state index in [1.54, 1.807) is 0 Å². The SMILES string of the molecule is Br.CCO[SiH](CC(N)CC)OCC. The van der Waals surface area contributed by atoms with Gasteiger partial charge in [-0.2, -0.15) is 0 Å². The van der Waals surface area contributed by atoms with Gasteiger partial charge in [0, 0.05) is 25.3 Å². The zero-order valence-electron chi connectivity index (χ0n) is 8.79. The van der Waals surface area contributed by atoms with Crippen LogP contribution in [0.15, 0.2) is 0 Å². The number of nitrogens with two attached hydrogens (primary N) is 1. The molecule has 0 amide bonds. The van der Waals surface area contributed by atoms with Crippen molar-refractivity contribution in [3.05, 3.63) is 0 Å². The molecule has 0 spiro atoms. The number of halogens is 1. The Bertz CT molecular complexity index is 102. The van der Waals surface area contributed by atoms with Crippen LogP contribution in [-0.4, -0.2) is 28.5 Å². The van der Waals surface area contributed by atoms with E-state index >= 15 is 0 Å². The molecule has 0 fully saturated rings. The summed E-state index contributed by atoms with van der Waals surface area (Å²) in [5.41, 5.74) is 5.81. The van der Waals surface area contributed by atoms with E-state index in [1.807, 2.05) is 13.8 Å². The lowest BCUT2D eigenvalue weighted by molar-refractivity contribution is 0.211. The molecule has 0 aliphatic carbocycles. The van der Waals surface area contributed by atoms with Crippen LogP contribution in [-0.2, 0) is 8.85 Å².